The summed E-state index contributed by atoms with van der Waals surface area (Å²) >= 11 is 3.44. The van der Waals surface area contributed by atoms with Crippen LogP contribution in [0.2, 0.25) is 0 Å². The van der Waals surface area contributed by atoms with Crippen molar-refractivity contribution in [3.05, 3.63) is 50.5 Å². The number of aromatic nitrogens is 1. The summed E-state index contributed by atoms with van der Waals surface area (Å²) in [5, 5.41) is 17.2. The molecular formula is C14H15BrN4O2. The Morgan fingerprint density at radius 2 is 2.10 bits per heavy atom. The summed E-state index contributed by atoms with van der Waals surface area (Å²) in [6, 6.07) is 8.67. The number of nitrogens with zero attached hydrogens (tertiary/aromatic N) is 2. The molecule has 0 aliphatic heterocycles. The summed E-state index contributed by atoms with van der Waals surface area (Å²) in [5.41, 5.74) is 1.67. The van der Waals surface area contributed by atoms with Gasteiger partial charge in [0.1, 0.15) is 5.82 Å². The van der Waals surface area contributed by atoms with Crippen molar-refractivity contribution in [1.29, 1.82) is 0 Å². The molecule has 1 aromatic carbocycles. The van der Waals surface area contributed by atoms with Gasteiger partial charge in [-0.25, -0.2) is 4.98 Å². The summed E-state index contributed by atoms with van der Waals surface area (Å²) in [6.45, 7) is 4.56. The van der Waals surface area contributed by atoms with Crippen molar-refractivity contribution < 1.29 is 4.92 Å². The molecule has 0 amide bonds. The third-order valence-corrected chi connectivity index (χ3v) is 3.81. The van der Waals surface area contributed by atoms with E-state index in [4.69, 9.17) is 0 Å². The highest BCUT2D eigenvalue weighted by atomic mass is 79.9. The second-order valence-corrected chi connectivity index (χ2v) is 5.24. The zero-order chi connectivity index (χ0) is 15.4. The first-order chi connectivity index (χ1) is 10.0. The van der Waals surface area contributed by atoms with E-state index in [0.717, 1.165) is 15.7 Å². The highest BCUT2D eigenvalue weighted by Crippen LogP contribution is 2.30. The number of halogens is 1. The van der Waals surface area contributed by atoms with E-state index in [2.05, 4.69) is 31.5 Å². The van der Waals surface area contributed by atoms with Gasteiger partial charge in [0.2, 0.25) is 5.82 Å². The average molecular weight is 351 g/mol. The molecule has 1 aromatic heterocycles. The van der Waals surface area contributed by atoms with Gasteiger partial charge in [0, 0.05) is 22.8 Å². The molecule has 0 atom stereocenters. The van der Waals surface area contributed by atoms with E-state index in [0.29, 0.717) is 12.4 Å². The van der Waals surface area contributed by atoms with Gasteiger partial charge >= 0.3 is 5.69 Å². The second-order valence-electron chi connectivity index (χ2n) is 4.39. The predicted octanol–water partition coefficient (Wildman–Crippen LogP) is 4.24. The highest BCUT2D eigenvalue weighted by molar-refractivity contribution is 9.10. The maximum absolute atomic E-state index is 11.1. The number of pyridine rings is 1. The van der Waals surface area contributed by atoms with Gasteiger partial charge in [0.15, 0.2) is 0 Å². The van der Waals surface area contributed by atoms with E-state index in [1.54, 1.807) is 6.07 Å². The second kappa shape index (κ2) is 6.53. The van der Waals surface area contributed by atoms with E-state index in [1.165, 1.54) is 6.07 Å². The van der Waals surface area contributed by atoms with E-state index < -0.39 is 4.92 Å². The monoisotopic (exact) mass is 350 g/mol. The van der Waals surface area contributed by atoms with E-state index in [1.807, 2.05) is 32.0 Å². The number of nitro groups is 1. The average Bonchev–Trinajstić information content (AvgIpc) is 2.44. The Kier molecular flexibility index (Phi) is 4.74. The molecule has 0 saturated carbocycles. The summed E-state index contributed by atoms with van der Waals surface area (Å²) < 4.78 is 0.929. The molecule has 0 bridgehead atoms. The normalized spacial score (nSPS) is 10.2. The van der Waals surface area contributed by atoms with E-state index in [-0.39, 0.29) is 11.5 Å². The van der Waals surface area contributed by atoms with Crippen LogP contribution < -0.4 is 10.6 Å². The minimum Gasteiger partial charge on any atom is -0.370 e. The summed E-state index contributed by atoms with van der Waals surface area (Å²) in [7, 11) is 0. The number of rotatable bonds is 5. The Balaban J connectivity index is 2.43. The first kappa shape index (κ1) is 15.2. The van der Waals surface area contributed by atoms with Gasteiger partial charge in [-0.05, 0) is 37.6 Å². The number of hydrogen-bond acceptors (Lipinski definition) is 5. The van der Waals surface area contributed by atoms with Gasteiger partial charge in [-0.15, -0.1) is 0 Å². The molecule has 0 radical (unpaired) electrons. The topological polar surface area (TPSA) is 80.1 Å². The van der Waals surface area contributed by atoms with Gasteiger partial charge in [-0.2, -0.15) is 0 Å². The molecular weight excluding hydrogens is 336 g/mol. The molecule has 0 spiro atoms. The van der Waals surface area contributed by atoms with Crippen molar-refractivity contribution in [3.8, 4) is 0 Å². The largest absolute Gasteiger partial charge is 0.370 e. The first-order valence-corrected chi connectivity index (χ1v) is 7.23. The van der Waals surface area contributed by atoms with Crippen LogP contribution in [0.3, 0.4) is 0 Å². The molecule has 2 N–H and O–H groups in total. The van der Waals surface area contributed by atoms with E-state index in [9.17, 15) is 10.1 Å². The Hall–Kier alpha value is -2.15. The fourth-order valence-corrected chi connectivity index (χ4v) is 2.21. The molecule has 0 unspecified atom stereocenters. The lowest BCUT2D eigenvalue weighted by Gasteiger charge is -2.11. The van der Waals surface area contributed by atoms with Crippen LogP contribution in [-0.2, 0) is 0 Å². The van der Waals surface area contributed by atoms with Crippen molar-refractivity contribution in [2.24, 2.45) is 0 Å². The molecule has 2 aromatic rings. The molecule has 6 nitrogen and oxygen atoms in total. The van der Waals surface area contributed by atoms with E-state index >= 15 is 0 Å². The molecule has 7 heteroatoms. The summed E-state index contributed by atoms with van der Waals surface area (Å²) in [4.78, 5) is 15.0. The number of nitrogens with one attached hydrogen (secondary N) is 2. The molecule has 0 saturated heterocycles. The minimum atomic E-state index is -0.446. The lowest BCUT2D eigenvalue weighted by molar-refractivity contribution is -0.384. The summed E-state index contributed by atoms with van der Waals surface area (Å²) in [6.07, 6.45) is 0. The molecule has 21 heavy (non-hydrogen) atoms. The maximum Gasteiger partial charge on any atom is 0.311 e. The third kappa shape index (κ3) is 3.49. The maximum atomic E-state index is 11.1. The van der Waals surface area contributed by atoms with Gasteiger partial charge in [-0.3, -0.25) is 10.1 Å². The fraction of sp³-hybridized carbons (Fsp3) is 0.214. The number of hydrogen-bond donors (Lipinski definition) is 2. The third-order valence-electron chi connectivity index (χ3n) is 2.95. The van der Waals surface area contributed by atoms with Crippen LogP contribution in [0.5, 0.6) is 0 Å². The molecule has 2 rings (SSSR count). The van der Waals surface area contributed by atoms with Gasteiger partial charge in [0.25, 0.3) is 0 Å². The molecule has 0 aliphatic rings. The van der Waals surface area contributed by atoms with Crippen LogP contribution in [0, 0.1) is 17.0 Å². The van der Waals surface area contributed by atoms with Crippen molar-refractivity contribution in [2.45, 2.75) is 13.8 Å². The Labute approximate surface area is 130 Å². The Morgan fingerprint density at radius 1 is 1.33 bits per heavy atom. The van der Waals surface area contributed by atoms with Crippen LogP contribution in [0.1, 0.15) is 12.5 Å². The van der Waals surface area contributed by atoms with Gasteiger partial charge < -0.3 is 10.6 Å². The molecule has 0 fully saturated rings. The zero-order valence-electron chi connectivity index (χ0n) is 11.7. The van der Waals surface area contributed by atoms with Crippen molar-refractivity contribution >= 4 is 38.9 Å². The fourth-order valence-electron chi connectivity index (χ4n) is 1.84. The Morgan fingerprint density at radius 3 is 2.76 bits per heavy atom. The standard InChI is InChI=1S/C14H15BrN4O2/c1-3-16-13-8-7-12(19(20)21)14(18-13)17-11-6-4-5-10(15)9(11)2/h4-8H,3H2,1-2H3,(H2,16,17,18). The van der Waals surface area contributed by atoms with Gasteiger partial charge in [0.05, 0.1) is 4.92 Å². The lowest BCUT2D eigenvalue weighted by Crippen LogP contribution is -2.05. The first-order valence-electron chi connectivity index (χ1n) is 6.44. The Bertz CT molecular complexity index is 676. The zero-order valence-corrected chi connectivity index (χ0v) is 13.3. The van der Waals surface area contributed by atoms with Crippen molar-refractivity contribution in [3.63, 3.8) is 0 Å². The van der Waals surface area contributed by atoms with Gasteiger partial charge in [-0.1, -0.05) is 22.0 Å². The van der Waals surface area contributed by atoms with Crippen LogP contribution in [0.15, 0.2) is 34.8 Å². The van der Waals surface area contributed by atoms with Crippen LogP contribution in [0.25, 0.3) is 0 Å². The van der Waals surface area contributed by atoms with Crippen LogP contribution in [0.4, 0.5) is 23.0 Å². The van der Waals surface area contributed by atoms with Crippen molar-refractivity contribution in [1.82, 2.24) is 4.98 Å². The number of benzene rings is 1. The quantitative estimate of drug-likeness (QED) is 0.622. The molecule has 0 aliphatic carbocycles. The predicted molar refractivity (Wildman–Crippen MR) is 87.2 cm³/mol. The highest BCUT2D eigenvalue weighted by Gasteiger charge is 2.17. The smallest absolute Gasteiger partial charge is 0.311 e. The molecule has 110 valence electrons. The SMILES string of the molecule is CCNc1ccc([N+](=O)[O-])c(Nc2cccc(Br)c2C)n1. The minimum absolute atomic E-state index is 0.0592. The summed E-state index contributed by atoms with van der Waals surface area (Å²) in [5.74, 6) is 0.817. The van der Waals surface area contributed by atoms with Crippen LogP contribution >= 0.6 is 15.9 Å². The number of anilines is 3. The lowest BCUT2D eigenvalue weighted by atomic mass is 10.2. The van der Waals surface area contributed by atoms with Crippen LogP contribution in [-0.4, -0.2) is 16.5 Å². The van der Waals surface area contributed by atoms with Crippen molar-refractivity contribution in [2.75, 3.05) is 17.2 Å². The molecule has 1 heterocycles.